The largest absolute Gasteiger partial charge is 0.507 e. The summed E-state index contributed by atoms with van der Waals surface area (Å²) in [6, 6.07) is 14.9. The number of amides is 1. The SMILES string of the molecule is CCOc1ccc([C@@H]2C(=C(O)c3ccc4c(c3)C[C@@H](C)O4)C(=O)C(=O)N2c2nc3ccc(OC)cc3s2)cc1OC. The van der Waals surface area contributed by atoms with Crippen molar-refractivity contribution in [3.8, 4) is 23.0 Å². The number of ether oxygens (including phenoxy) is 4. The van der Waals surface area contributed by atoms with Gasteiger partial charge in [-0.3, -0.25) is 14.5 Å². The fourth-order valence-corrected chi connectivity index (χ4v) is 6.34. The number of nitrogens with zero attached hydrogens (tertiary/aromatic N) is 2. The molecule has 2 atom stereocenters. The van der Waals surface area contributed by atoms with Gasteiger partial charge >= 0.3 is 5.91 Å². The topological polar surface area (TPSA) is 107 Å². The van der Waals surface area contributed by atoms with Crippen molar-refractivity contribution in [3.63, 3.8) is 0 Å². The van der Waals surface area contributed by atoms with Gasteiger partial charge in [0.05, 0.1) is 42.7 Å². The Balaban J connectivity index is 1.54. The van der Waals surface area contributed by atoms with Crippen LogP contribution in [-0.2, 0) is 16.0 Å². The van der Waals surface area contributed by atoms with Gasteiger partial charge in [-0.25, -0.2) is 4.98 Å². The summed E-state index contributed by atoms with van der Waals surface area (Å²) in [7, 11) is 3.10. The molecular weight excluding hydrogens is 544 g/mol. The van der Waals surface area contributed by atoms with Crippen molar-refractivity contribution in [2.24, 2.45) is 0 Å². The van der Waals surface area contributed by atoms with Gasteiger partial charge in [0.1, 0.15) is 23.4 Å². The second-order valence-electron chi connectivity index (χ2n) is 9.80. The third-order valence-corrected chi connectivity index (χ3v) is 8.22. The summed E-state index contributed by atoms with van der Waals surface area (Å²) in [6.07, 6.45) is 0.696. The number of rotatable bonds is 7. The van der Waals surface area contributed by atoms with Crippen LogP contribution in [0.25, 0.3) is 16.0 Å². The normalized spacial score (nSPS) is 19.4. The Labute approximate surface area is 240 Å². The zero-order valence-electron chi connectivity index (χ0n) is 23.0. The number of Topliss-reactive ketones (excluding diaryl/α,β-unsaturated/α-hetero) is 1. The molecule has 1 amide bonds. The maximum absolute atomic E-state index is 13.7. The molecule has 210 valence electrons. The number of aliphatic hydroxyl groups excluding tert-OH is 1. The molecule has 1 aromatic heterocycles. The molecule has 0 unspecified atom stereocenters. The standard InChI is InChI=1S/C31H28N2O7S/c1-5-39-23-11-6-17(14-24(23)38-4)27-26(28(34)18-7-10-22-19(13-18)12-16(2)40-22)29(35)30(36)33(27)31-32-21-9-8-20(37-3)15-25(21)41-31/h6-11,13-16,27,34H,5,12H2,1-4H3/t16-,27-/m1/s1. The second-order valence-corrected chi connectivity index (χ2v) is 10.8. The summed E-state index contributed by atoms with van der Waals surface area (Å²) in [5, 5.41) is 11.9. The number of fused-ring (bicyclic) bond motifs is 2. The Hall–Kier alpha value is -4.57. The number of benzene rings is 3. The van der Waals surface area contributed by atoms with Gasteiger partial charge < -0.3 is 24.1 Å². The van der Waals surface area contributed by atoms with Gasteiger partial charge in [-0.1, -0.05) is 17.4 Å². The van der Waals surface area contributed by atoms with Crippen LogP contribution in [0.1, 0.15) is 36.6 Å². The van der Waals surface area contributed by atoms with Crippen molar-refractivity contribution in [3.05, 3.63) is 76.9 Å². The molecule has 9 nitrogen and oxygen atoms in total. The average molecular weight is 573 g/mol. The zero-order chi connectivity index (χ0) is 28.8. The van der Waals surface area contributed by atoms with Gasteiger partial charge in [0.15, 0.2) is 16.6 Å². The minimum absolute atomic E-state index is 0.0157. The van der Waals surface area contributed by atoms with Gasteiger partial charge in [-0.15, -0.1) is 0 Å². The quantitative estimate of drug-likeness (QED) is 0.172. The number of hydrogen-bond donors (Lipinski definition) is 1. The van der Waals surface area contributed by atoms with Gasteiger partial charge in [-0.05, 0) is 73.5 Å². The van der Waals surface area contributed by atoms with E-state index in [1.54, 1.807) is 55.6 Å². The number of carbonyl (C=O) groups is 2. The molecule has 0 bridgehead atoms. The third kappa shape index (κ3) is 4.54. The number of aliphatic hydroxyl groups is 1. The van der Waals surface area contributed by atoms with Crippen LogP contribution in [0.5, 0.6) is 23.0 Å². The minimum atomic E-state index is -0.967. The average Bonchev–Trinajstić information content (AvgIpc) is 3.64. The summed E-state index contributed by atoms with van der Waals surface area (Å²) in [5.41, 5.74) is 2.53. The summed E-state index contributed by atoms with van der Waals surface area (Å²) in [6.45, 7) is 4.27. The molecular formula is C31H28N2O7S. The number of methoxy groups -OCH3 is 2. The Morgan fingerprint density at radius 2 is 1.90 bits per heavy atom. The molecule has 0 radical (unpaired) electrons. The Morgan fingerprint density at radius 3 is 2.66 bits per heavy atom. The van der Waals surface area contributed by atoms with E-state index in [9.17, 15) is 14.7 Å². The van der Waals surface area contributed by atoms with Gasteiger partial charge in [0, 0.05) is 12.0 Å². The number of thiazole rings is 1. The van der Waals surface area contributed by atoms with Crippen molar-refractivity contribution >= 4 is 44.1 Å². The van der Waals surface area contributed by atoms with Crippen LogP contribution in [0, 0.1) is 0 Å². The summed E-state index contributed by atoms with van der Waals surface area (Å²) in [5.74, 6) is 0.498. The molecule has 4 aromatic rings. The lowest BCUT2D eigenvalue weighted by Gasteiger charge is -2.24. The van der Waals surface area contributed by atoms with Crippen LogP contribution in [-0.4, -0.2) is 48.7 Å². The molecule has 0 saturated carbocycles. The molecule has 1 N–H and O–H groups in total. The molecule has 3 heterocycles. The highest BCUT2D eigenvalue weighted by molar-refractivity contribution is 7.22. The van der Waals surface area contributed by atoms with Crippen LogP contribution in [0.4, 0.5) is 5.13 Å². The number of carbonyl (C=O) groups excluding carboxylic acids is 2. The zero-order valence-corrected chi connectivity index (χ0v) is 23.8. The summed E-state index contributed by atoms with van der Waals surface area (Å²) >= 11 is 1.26. The lowest BCUT2D eigenvalue weighted by Crippen LogP contribution is -2.29. The van der Waals surface area contributed by atoms with Crippen molar-refractivity contribution in [1.29, 1.82) is 0 Å². The van der Waals surface area contributed by atoms with E-state index in [4.69, 9.17) is 18.9 Å². The molecule has 1 fully saturated rings. The fourth-order valence-electron chi connectivity index (χ4n) is 5.32. The highest BCUT2D eigenvalue weighted by Crippen LogP contribution is 2.46. The summed E-state index contributed by atoms with van der Waals surface area (Å²) < 4.78 is 23.2. The van der Waals surface area contributed by atoms with Crippen LogP contribution < -0.4 is 23.8 Å². The predicted octanol–water partition coefficient (Wildman–Crippen LogP) is 5.66. The number of aromatic nitrogens is 1. The first-order valence-corrected chi connectivity index (χ1v) is 14.0. The molecule has 41 heavy (non-hydrogen) atoms. The smallest absolute Gasteiger partial charge is 0.301 e. The van der Waals surface area contributed by atoms with Crippen LogP contribution >= 0.6 is 11.3 Å². The monoisotopic (exact) mass is 572 g/mol. The van der Waals surface area contributed by atoms with Crippen molar-refractivity contribution in [1.82, 2.24) is 4.98 Å². The molecule has 0 spiro atoms. The lowest BCUT2D eigenvalue weighted by molar-refractivity contribution is -0.132. The maximum atomic E-state index is 13.7. The molecule has 10 heteroatoms. The first-order valence-electron chi connectivity index (χ1n) is 13.2. The Bertz CT molecular complexity index is 1730. The first-order chi connectivity index (χ1) is 19.8. The molecule has 1 saturated heterocycles. The number of hydrogen-bond acceptors (Lipinski definition) is 9. The van der Waals surface area contributed by atoms with Crippen LogP contribution in [0.2, 0.25) is 0 Å². The molecule has 3 aromatic carbocycles. The lowest BCUT2D eigenvalue weighted by atomic mass is 9.94. The van der Waals surface area contributed by atoms with E-state index in [0.717, 1.165) is 16.0 Å². The van der Waals surface area contributed by atoms with Crippen LogP contribution in [0.3, 0.4) is 0 Å². The minimum Gasteiger partial charge on any atom is -0.507 e. The van der Waals surface area contributed by atoms with E-state index >= 15 is 0 Å². The number of ketones is 1. The van der Waals surface area contributed by atoms with Crippen LogP contribution in [0.15, 0.2) is 60.2 Å². The Morgan fingerprint density at radius 1 is 1.07 bits per heavy atom. The van der Waals surface area contributed by atoms with Gasteiger partial charge in [-0.2, -0.15) is 0 Å². The van der Waals surface area contributed by atoms with Crippen molar-refractivity contribution in [2.45, 2.75) is 32.4 Å². The van der Waals surface area contributed by atoms with Gasteiger partial charge in [0.25, 0.3) is 5.78 Å². The van der Waals surface area contributed by atoms with E-state index in [1.807, 2.05) is 19.9 Å². The molecule has 2 aliphatic heterocycles. The predicted molar refractivity (Wildman–Crippen MR) is 155 cm³/mol. The molecule has 2 aliphatic rings. The first kappa shape index (κ1) is 26.6. The fraction of sp³-hybridized carbons (Fsp3) is 0.258. The Kier molecular flexibility index (Phi) is 6.78. The van der Waals surface area contributed by atoms with Crippen molar-refractivity contribution < 1.29 is 33.6 Å². The van der Waals surface area contributed by atoms with E-state index < -0.39 is 17.7 Å². The summed E-state index contributed by atoms with van der Waals surface area (Å²) in [4.78, 5) is 33.4. The molecule has 0 aliphatic carbocycles. The van der Waals surface area contributed by atoms with Gasteiger partial charge in [0.2, 0.25) is 0 Å². The number of anilines is 1. The highest BCUT2D eigenvalue weighted by Gasteiger charge is 2.48. The van der Waals surface area contributed by atoms with E-state index in [2.05, 4.69) is 4.98 Å². The third-order valence-electron chi connectivity index (χ3n) is 7.21. The van der Waals surface area contributed by atoms with E-state index in [0.29, 0.717) is 52.1 Å². The van der Waals surface area contributed by atoms with E-state index in [1.165, 1.54) is 23.3 Å². The maximum Gasteiger partial charge on any atom is 0.301 e. The molecule has 6 rings (SSSR count). The second kappa shape index (κ2) is 10.4. The highest BCUT2D eigenvalue weighted by atomic mass is 32.1. The van der Waals surface area contributed by atoms with Crippen molar-refractivity contribution in [2.75, 3.05) is 25.7 Å². The van der Waals surface area contributed by atoms with E-state index in [-0.39, 0.29) is 17.4 Å².